The maximum Gasteiger partial charge on any atom is 0.337 e. The van der Waals surface area contributed by atoms with Crippen molar-refractivity contribution in [1.29, 1.82) is 0 Å². The first-order valence-corrected chi connectivity index (χ1v) is 7.88. The molecule has 0 radical (unpaired) electrons. The number of aryl methyl sites for hydroxylation is 1. The zero-order chi connectivity index (χ0) is 16.8. The summed E-state index contributed by atoms with van der Waals surface area (Å²) in [5, 5.41) is 13.3. The average molecular weight is 354 g/mol. The molecule has 0 aliphatic rings. The second kappa shape index (κ2) is 8.09. The molecule has 0 saturated heterocycles. The van der Waals surface area contributed by atoms with Gasteiger partial charge in [-0.25, -0.2) is 4.79 Å². The van der Waals surface area contributed by atoms with Crippen molar-refractivity contribution in [2.45, 2.75) is 13.3 Å². The lowest BCUT2D eigenvalue weighted by atomic mass is 10.1. The molecule has 0 aromatic heterocycles. The molecular weight excluding hydrogens is 337 g/mol. The predicted octanol–water partition coefficient (Wildman–Crippen LogP) is 4.88. The first-order valence-electron chi connectivity index (χ1n) is 7.13. The van der Waals surface area contributed by atoms with E-state index in [0.717, 1.165) is 5.56 Å². The van der Waals surface area contributed by atoms with Gasteiger partial charge in [-0.1, -0.05) is 34.8 Å². The molecule has 23 heavy (non-hydrogen) atoms. The Labute approximate surface area is 145 Å². The molecule has 0 unspecified atom stereocenters. The molecule has 4 nitrogen and oxygen atoms in total. The van der Waals surface area contributed by atoms with Crippen LogP contribution < -0.4 is 10.1 Å². The van der Waals surface area contributed by atoms with E-state index in [4.69, 9.17) is 27.9 Å². The Morgan fingerprint density at radius 3 is 2.65 bits per heavy atom. The molecular formula is C17H17Cl2NO3. The van der Waals surface area contributed by atoms with Gasteiger partial charge in [0.05, 0.1) is 22.2 Å². The molecule has 0 bridgehead atoms. The lowest BCUT2D eigenvalue weighted by Crippen LogP contribution is -2.10. The van der Waals surface area contributed by atoms with E-state index in [1.54, 1.807) is 30.3 Å². The molecule has 0 heterocycles. The average Bonchev–Trinajstić information content (AvgIpc) is 2.51. The normalized spacial score (nSPS) is 10.4. The summed E-state index contributed by atoms with van der Waals surface area (Å²) < 4.78 is 5.58. The van der Waals surface area contributed by atoms with Gasteiger partial charge in [0.2, 0.25) is 0 Å². The van der Waals surface area contributed by atoms with Crippen molar-refractivity contribution in [2.75, 3.05) is 18.5 Å². The smallest absolute Gasteiger partial charge is 0.337 e. The number of rotatable bonds is 7. The van der Waals surface area contributed by atoms with E-state index in [0.29, 0.717) is 41.1 Å². The van der Waals surface area contributed by atoms with Gasteiger partial charge in [-0.3, -0.25) is 0 Å². The van der Waals surface area contributed by atoms with Gasteiger partial charge in [0.25, 0.3) is 0 Å². The Morgan fingerprint density at radius 2 is 1.96 bits per heavy atom. The molecule has 0 spiro atoms. The SMILES string of the molecule is Cc1ccc(NCCCOc2ccc(Cl)c(Cl)c2)c(C(=O)O)c1. The number of hydrogen-bond acceptors (Lipinski definition) is 3. The van der Waals surface area contributed by atoms with Crippen LogP contribution in [-0.4, -0.2) is 24.2 Å². The van der Waals surface area contributed by atoms with Gasteiger partial charge in [-0.2, -0.15) is 0 Å². The van der Waals surface area contributed by atoms with E-state index < -0.39 is 5.97 Å². The molecule has 2 aromatic rings. The minimum Gasteiger partial charge on any atom is -0.493 e. The monoisotopic (exact) mass is 353 g/mol. The highest BCUT2D eigenvalue weighted by Gasteiger charge is 2.09. The summed E-state index contributed by atoms with van der Waals surface area (Å²) in [6.45, 7) is 2.95. The van der Waals surface area contributed by atoms with Crippen molar-refractivity contribution in [1.82, 2.24) is 0 Å². The molecule has 2 rings (SSSR count). The van der Waals surface area contributed by atoms with Crippen molar-refractivity contribution >= 4 is 34.9 Å². The summed E-state index contributed by atoms with van der Waals surface area (Å²) >= 11 is 11.8. The lowest BCUT2D eigenvalue weighted by molar-refractivity contribution is 0.0698. The van der Waals surface area contributed by atoms with E-state index >= 15 is 0 Å². The fourth-order valence-corrected chi connectivity index (χ4v) is 2.33. The summed E-state index contributed by atoms with van der Waals surface area (Å²) in [5.41, 5.74) is 1.80. The number of halogens is 2. The van der Waals surface area contributed by atoms with Gasteiger partial charge < -0.3 is 15.2 Å². The molecule has 0 aliphatic carbocycles. The number of carbonyl (C=O) groups is 1. The molecule has 0 atom stereocenters. The van der Waals surface area contributed by atoms with E-state index in [9.17, 15) is 9.90 Å². The molecule has 0 aliphatic heterocycles. The number of carboxylic acids is 1. The minimum atomic E-state index is -0.941. The number of ether oxygens (including phenoxy) is 1. The van der Waals surface area contributed by atoms with Crippen LogP contribution in [0.15, 0.2) is 36.4 Å². The van der Waals surface area contributed by atoms with E-state index in [1.807, 2.05) is 13.0 Å². The Hall–Kier alpha value is -1.91. The second-order valence-electron chi connectivity index (χ2n) is 5.06. The Bertz CT molecular complexity index is 704. The van der Waals surface area contributed by atoms with Gasteiger partial charge in [0.1, 0.15) is 5.75 Å². The van der Waals surface area contributed by atoms with Crippen LogP contribution in [0.25, 0.3) is 0 Å². The van der Waals surface area contributed by atoms with Gasteiger partial charge in [-0.05, 0) is 37.6 Å². The maximum absolute atomic E-state index is 11.2. The van der Waals surface area contributed by atoms with E-state index in [-0.39, 0.29) is 5.56 Å². The molecule has 2 aromatic carbocycles. The highest BCUT2D eigenvalue weighted by Crippen LogP contribution is 2.26. The third-order valence-electron chi connectivity index (χ3n) is 3.20. The molecule has 6 heteroatoms. The predicted molar refractivity (Wildman–Crippen MR) is 93.2 cm³/mol. The Balaban J connectivity index is 1.81. The standard InChI is InChI=1S/C17H17Cl2NO3/c1-11-3-6-16(13(9-11)17(21)22)20-7-2-8-23-12-4-5-14(18)15(19)10-12/h3-6,9-10,20H,2,7-8H2,1H3,(H,21,22). The minimum absolute atomic E-state index is 0.274. The van der Waals surface area contributed by atoms with Crippen LogP contribution in [0.1, 0.15) is 22.3 Å². The van der Waals surface area contributed by atoms with Crippen LogP contribution in [0.5, 0.6) is 5.75 Å². The highest BCUT2D eigenvalue weighted by atomic mass is 35.5. The lowest BCUT2D eigenvalue weighted by Gasteiger charge is -2.11. The number of anilines is 1. The largest absolute Gasteiger partial charge is 0.493 e. The second-order valence-corrected chi connectivity index (χ2v) is 5.87. The van der Waals surface area contributed by atoms with Crippen LogP contribution in [0, 0.1) is 6.92 Å². The molecule has 122 valence electrons. The van der Waals surface area contributed by atoms with Gasteiger partial charge in [0.15, 0.2) is 0 Å². The fraction of sp³-hybridized carbons (Fsp3) is 0.235. The summed E-state index contributed by atoms with van der Waals surface area (Å²) in [7, 11) is 0. The number of aromatic carboxylic acids is 1. The molecule has 0 saturated carbocycles. The number of benzene rings is 2. The van der Waals surface area contributed by atoms with Crippen LogP contribution >= 0.6 is 23.2 Å². The first-order chi connectivity index (χ1) is 11.0. The number of nitrogens with one attached hydrogen (secondary N) is 1. The van der Waals surface area contributed by atoms with Crippen LogP contribution in [-0.2, 0) is 0 Å². The zero-order valence-corrected chi connectivity index (χ0v) is 14.1. The van der Waals surface area contributed by atoms with E-state index in [2.05, 4.69) is 5.32 Å². The van der Waals surface area contributed by atoms with Gasteiger partial charge >= 0.3 is 5.97 Å². The van der Waals surface area contributed by atoms with Crippen LogP contribution in [0.2, 0.25) is 10.0 Å². The van der Waals surface area contributed by atoms with Crippen molar-refractivity contribution in [2.24, 2.45) is 0 Å². The van der Waals surface area contributed by atoms with Gasteiger partial charge in [-0.15, -0.1) is 0 Å². The van der Waals surface area contributed by atoms with Crippen molar-refractivity contribution < 1.29 is 14.6 Å². The quantitative estimate of drug-likeness (QED) is 0.696. The summed E-state index contributed by atoms with van der Waals surface area (Å²) in [4.78, 5) is 11.2. The van der Waals surface area contributed by atoms with Crippen molar-refractivity contribution in [3.63, 3.8) is 0 Å². The number of hydrogen-bond donors (Lipinski definition) is 2. The molecule has 2 N–H and O–H groups in total. The molecule has 0 amide bonds. The van der Waals surface area contributed by atoms with Crippen molar-refractivity contribution in [3.8, 4) is 5.75 Å². The first kappa shape index (κ1) is 17.4. The topological polar surface area (TPSA) is 58.6 Å². The van der Waals surface area contributed by atoms with Crippen LogP contribution in [0.4, 0.5) is 5.69 Å². The maximum atomic E-state index is 11.2. The summed E-state index contributed by atoms with van der Waals surface area (Å²) in [6, 6.07) is 10.4. The number of carboxylic acid groups (broad SMARTS) is 1. The zero-order valence-electron chi connectivity index (χ0n) is 12.6. The highest BCUT2D eigenvalue weighted by molar-refractivity contribution is 6.42. The third-order valence-corrected chi connectivity index (χ3v) is 3.94. The Morgan fingerprint density at radius 1 is 1.17 bits per heavy atom. The summed E-state index contributed by atoms with van der Waals surface area (Å²) in [5.74, 6) is -0.288. The Kier molecular flexibility index (Phi) is 6.13. The molecule has 0 fully saturated rings. The van der Waals surface area contributed by atoms with Crippen LogP contribution in [0.3, 0.4) is 0 Å². The fourth-order valence-electron chi connectivity index (χ4n) is 2.04. The van der Waals surface area contributed by atoms with Crippen molar-refractivity contribution in [3.05, 3.63) is 57.6 Å². The van der Waals surface area contributed by atoms with E-state index in [1.165, 1.54) is 0 Å². The van der Waals surface area contributed by atoms with Gasteiger partial charge in [0, 0.05) is 18.3 Å². The third kappa shape index (κ3) is 5.05. The summed E-state index contributed by atoms with van der Waals surface area (Å²) in [6.07, 6.45) is 0.715.